The number of fused-ring (bicyclic) bond motifs is 2. The van der Waals surface area contributed by atoms with Crippen molar-refractivity contribution in [3.8, 4) is 0 Å². The molecule has 0 spiro atoms. The predicted octanol–water partition coefficient (Wildman–Crippen LogP) is -1.29. The van der Waals surface area contributed by atoms with Crippen LogP contribution in [0.2, 0.25) is 0 Å². The Kier molecular flexibility index (Phi) is 4.89. The van der Waals surface area contributed by atoms with E-state index in [1.165, 1.54) is 24.8 Å². The van der Waals surface area contributed by atoms with Gasteiger partial charge in [0.15, 0.2) is 0 Å². The van der Waals surface area contributed by atoms with Crippen molar-refractivity contribution in [1.29, 1.82) is 0 Å². The van der Waals surface area contributed by atoms with E-state index in [4.69, 9.17) is 0 Å². The molecular formula is C12H10AuN8O2+. The molecule has 4 heterocycles. The monoisotopic (exact) mass is 495 g/mol. The molecule has 4 aromatic rings. The van der Waals surface area contributed by atoms with E-state index in [-0.39, 0.29) is 33.5 Å². The summed E-state index contributed by atoms with van der Waals surface area (Å²) in [5, 5.41) is 7.38. The summed E-state index contributed by atoms with van der Waals surface area (Å²) in [6, 6.07) is 2.84. The largest absolute Gasteiger partial charge is 3.00 e. The fraction of sp³-hybridized carbons (Fsp3) is 0.167. The maximum Gasteiger partial charge on any atom is 3.00 e. The molecule has 0 aromatic carbocycles. The van der Waals surface area contributed by atoms with Crippen molar-refractivity contribution >= 4 is 11.6 Å². The van der Waals surface area contributed by atoms with Gasteiger partial charge in [-0.05, 0) is 37.4 Å². The van der Waals surface area contributed by atoms with Gasteiger partial charge in [-0.25, -0.2) is 10.2 Å². The molecule has 120 valence electrons. The molecule has 4 aromatic heterocycles. The fourth-order valence-corrected chi connectivity index (χ4v) is 1.79. The number of rotatable bonds is 0. The Morgan fingerprint density at radius 3 is 1.61 bits per heavy atom. The second-order valence-electron chi connectivity index (χ2n) is 4.42. The first-order valence-corrected chi connectivity index (χ1v) is 6.23. The zero-order valence-corrected chi connectivity index (χ0v) is 14.2. The van der Waals surface area contributed by atoms with Crippen LogP contribution in [-0.2, 0) is 22.4 Å². The van der Waals surface area contributed by atoms with Crippen molar-refractivity contribution in [1.82, 2.24) is 39.2 Å². The smallest absolute Gasteiger partial charge is 0.362 e. The molecule has 0 saturated carbocycles. The third-order valence-corrected chi connectivity index (χ3v) is 2.69. The Balaban J connectivity index is 0.000000160. The van der Waals surface area contributed by atoms with Crippen molar-refractivity contribution in [3.05, 3.63) is 56.9 Å². The molecule has 0 saturated heterocycles. The van der Waals surface area contributed by atoms with Crippen molar-refractivity contribution in [2.45, 2.75) is 13.8 Å². The topological polar surface area (TPSA) is 123 Å². The average Bonchev–Trinajstić information content (AvgIpc) is 3.07. The van der Waals surface area contributed by atoms with Gasteiger partial charge in [-0.2, -0.15) is 0 Å². The normalized spacial score (nSPS) is 10.2. The molecular weight excluding hydrogens is 485 g/mol. The Morgan fingerprint density at radius 1 is 0.826 bits per heavy atom. The van der Waals surface area contributed by atoms with E-state index >= 15 is 0 Å². The SMILES string of the molecule is Cc1cc(=O)n2ncnc2[n-]1.Cc1cc(=O)n2ncnc2[n-]1.[Au+3]. The minimum absolute atomic E-state index is 0. The number of nitrogens with zero attached hydrogens (tertiary/aromatic N) is 8. The summed E-state index contributed by atoms with van der Waals surface area (Å²) in [6.45, 7) is 3.49. The average molecular weight is 495 g/mol. The van der Waals surface area contributed by atoms with Crippen molar-refractivity contribution in [3.63, 3.8) is 0 Å². The summed E-state index contributed by atoms with van der Waals surface area (Å²) in [5.41, 5.74) is 0.945. The van der Waals surface area contributed by atoms with Crippen LogP contribution in [-0.4, -0.2) is 29.2 Å². The Morgan fingerprint density at radius 2 is 1.22 bits per heavy atom. The van der Waals surface area contributed by atoms with Crippen LogP contribution in [0.1, 0.15) is 11.4 Å². The predicted molar refractivity (Wildman–Crippen MR) is 74.6 cm³/mol. The van der Waals surface area contributed by atoms with Crippen molar-refractivity contribution < 1.29 is 22.4 Å². The van der Waals surface area contributed by atoms with Gasteiger partial charge in [0.1, 0.15) is 0 Å². The van der Waals surface area contributed by atoms with Gasteiger partial charge in [-0.3, -0.25) is 18.6 Å². The molecule has 0 N–H and O–H groups in total. The quantitative estimate of drug-likeness (QED) is 0.276. The van der Waals surface area contributed by atoms with Gasteiger partial charge in [0, 0.05) is 11.6 Å². The van der Waals surface area contributed by atoms with E-state index in [0.29, 0.717) is 22.9 Å². The van der Waals surface area contributed by atoms with E-state index < -0.39 is 0 Å². The first-order chi connectivity index (χ1) is 10.5. The first-order valence-electron chi connectivity index (χ1n) is 6.23. The van der Waals surface area contributed by atoms with Gasteiger partial charge >= 0.3 is 22.4 Å². The summed E-state index contributed by atoms with van der Waals surface area (Å²) < 4.78 is 2.32. The van der Waals surface area contributed by atoms with E-state index in [1.54, 1.807) is 13.8 Å². The molecule has 0 amide bonds. The van der Waals surface area contributed by atoms with Crippen LogP contribution in [0.25, 0.3) is 11.6 Å². The number of hydrogen-bond donors (Lipinski definition) is 0. The van der Waals surface area contributed by atoms with Crippen LogP contribution in [0.4, 0.5) is 0 Å². The first kappa shape index (κ1) is 16.8. The Hall–Kier alpha value is -2.56. The summed E-state index contributed by atoms with van der Waals surface area (Å²) in [6.07, 6.45) is 2.62. The van der Waals surface area contributed by atoms with Gasteiger partial charge in [0.25, 0.3) is 0 Å². The molecule has 23 heavy (non-hydrogen) atoms. The van der Waals surface area contributed by atoms with Crippen molar-refractivity contribution in [2.24, 2.45) is 0 Å². The summed E-state index contributed by atoms with van der Waals surface area (Å²) in [7, 11) is 0. The number of aromatic nitrogens is 8. The second kappa shape index (κ2) is 6.69. The van der Waals surface area contributed by atoms with Gasteiger partial charge in [0.2, 0.25) is 11.1 Å². The van der Waals surface area contributed by atoms with Crippen LogP contribution in [0, 0.1) is 13.8 Å². The van der Waals surface area contributed by atoms with Crippen molar-refractivity contribution in [2.75, 3.05) is 0 Å². The third kappa shape index (κ3) is 3.44. The minimum Gasteiger partial charge on any atom is -0.362 e. The summed E-state index contributed by atoms with van der Waals surface area (Å²) in [4.78, 5) is 37.7. The van der Waals surface area contributed by atoms with E-state index in [9.17, 15) is 9.59 Å². The zero-order valence-electron chi connectivity index (χ0n) is 12.0. The van der Waals surface area contributed by atoms with Crippen LogP contribution in [0.5, 0.6) is 0 Å². The maximum atomic E-state index is 11.1. The van der Waals surface area contributed by atoms with Gasteiger partial charge < -0.3 is 19.9 Å². The molecule has 0 bridgehead atoms. The summed E-state index contributed by atoms with van der Waals surface area (Å²) >= 11 is 0. The molecule has 0 aliphatic heterocycles. The van der Waals surface area contributed by atoms with E-state index in [0.717, 1.165) is 9.03 Å². The minimum atomic E-state index is -0.190. The summed E-state index contributed by atoms with van der Waals surface area (Å²) in [5.74, 6) is 0.713. The standard InChI is InChI=1S/2C6H6N4O.Au/c2*1-4-2-5(11)10-6(9-4)7-3-8-10;/h2*2-3H,1H3,(H,7,8,9,11);/q;;+3/p-2. The molecule has 4 rings (SSSR count). The molecule has 0 unspecified atom stereocenters. The molecule has 0 aliphatic rings. The van der Waals surface area contributed by atoms with Crippen LogP contribution < -0.4 is 21.1 Å². The Bertz CT molecular complexity index is 974. The van der Waals surface area contributed by atoms with Crippen LogP contribution in [0.15, 0.2) is 34.4 Å². The van der Waals surface area contributed by atoms with Crippen LogP contribution >= 0.6 is 0 Å². The zero-order chi connectivity index (χ0) is 15.7. The Labute approximate surface area is 144 Å². The molecule has 0 atom stereocenters. The molecule has 10 nitrogen and oxygen atoms in total. The van der Waals surface area contributed by atoms with Gasteiger partial charge in [0.05, 0.1) is 12.7 Å². The second-order valence-corrected chi connectivity index (χ2v) is 4.42. The van der Waals surface area contributed by atoms with Gasteiger partial charge in [-0.1, -0.05) is 0 Å². The third-order valence-electron chi connectivity index (χ3n) is 2.69. The van der Waals surface area contributed by atoms with E-state index in [1.807, 2.05) is 0 Å². The number of aryl methyl sites for hydroxylation is 2. The molecule has 0 fully saturated rings. The van der Waals surface area contributed by atoms with Crippen LogP contribution in [0.3, 0.4) is 0 Å². The number of hydrogen-bond acceptors (Lipinski definition) is 6. The fourth-order valence-electron chi connectivity index (χ4n) is 1.79. The maximum absolute atomic E-state index is 11.1. The molecule has 0 radical (unpaired) electrons. The molecule has 11 heteroatoms. The van der Waals surface area contributed by atoms with Gasteiger partial charge in [-0.15, -0.1) is 0 Å². The van der Waals surface area contributed by atoms with E-state index in [2.05, 4.69) is 30.1 Å². The molecule has 0 aliphatic carbocycles.